The molecule has 1 aliphatic rings. The number of aromatic hydroxyl groups is 1. The van der Waals surface area contributed by atoms with Gasteiger partial charge in [0.05, 0.1) is 11.6 Å². The average molecular weight is 339 g/mol. The Morgan fingerprint density at radius 2 is 2.17 bits per heavy atom. The molecular weight excluding hydrogens is 322 g/mol. The van der Waals surface area contributed by atoms with Crippen LogP contribution in [0.5, 0.6) is 5.75 Å². The zero-order chi connectivity index (χ0) is 16.7. The first kappa shape index (κ1) is 15.1. The molecule has 0 radical (unpaired) electrons. The molecule has 0 spiro atoms. The summed E-state index contributed by atoms with van der Waals surface area (Å²) in [6.45, 7) is 1.79. The van der Waals surface area contributed by atoms with Crippen LogP contribution in [0.1, 0.15) is 34.7 Å². The molecule has 122 valence electrons. The third-order valence-corrected chi connectivity index (χ3v) is 5.51. The third kappa shape index (κ3) is 2.53. The molecule has 1 aromatic carbocycles. The van der Waals surface area contributed by atoms with Gasteiger partial charge in [-0.05, 0) is 55.9 Å². The van der Waals surface area contributed by atoms with Gasteiger partial charge in [0, 0.05) is 4.88 Å². The van der Waals surface area contributed by atoms with Crippen LogP contribution in [0.4, 0.5) is 0 Å². The summed E-state index contributed by atoms with van der Waals surface area (Å²) in [5.74, 6) is 0.742. The minimum Gasteiger partial charge on any atom is -0.508 e. The van der Waals surface area contributed by atoms with E-state index in [1.54, 1.807) is 42.7 Å². The van der Waals surface area contributed by atoms with Crippen molar-refractivity contribution in [2.45, 2.75) is 32.6 Å². The normalized spacial score (nSPS) is 14.4. The summed E-state index contributed by atoms with van der Waals surface area (Å²) in [5, 5.41) is 14.6. The predicted molar refractivity (Wildman–Crippen MR) is 96.4 cm³/mol. The minimum absolute atomic E-state index is 0.103. The lowest BCUT2D eigenvalue weighted by Crippen LogP contribution is -2.21. The number of rotatable bonds is 2. The smallest absolute Gasteiger partial charge is 0.283 e. The van der Waals surface area contributed by atoms with E-state index in [2.05, 4.69) is 10.1 Å². The van der Waals surface area contributed by atoms with Crippen LogP contribution in [-0.2, 0) is 12.8 Å². The Hall–Kier alpha value is -2.47. The van der Waals surface area contributed by atoms with E-state index in [0.717, 1.165) is 35.0 Å². The molecule has 3 aromatic rings. The summed E-state index contributed by atoms with van der Waals surface area (Å²) in [5.41, 5.74) is 1.79. The van der Waals surface area contributed by atoms with Crippen molar-refractivity contribution in [3.8, 4) is 5.75 Å². The van der Waals surface area contributed by atoms with E-state index in [4.69, 9.17) is 0 Å². The van der Waals surface area contributed by atoms with Crippen LogP contribution in [-0.4, -0.2) is 21.0 Å². The number of aromatic nitrogens is 2. The first-order chi connectivity index (χ1) is 11.6. The van der Waals surface area contributed by atoms with E-state index in [1.165, 1.54) is 21.5 Å². The van der Waals surface area contributed by atoms with Crippen molar-refractivity contribution >= 4 is 27.8 Å². The molecule has 6 heteroatoms. The average Bonchev–Trinajstić information content (AvgIpc) is 2.92. The number of hydrogen-bond acceptors (Lipinski definition) is 5. The number of nitrogens with zero attached hydrogens (tertiary/aromatic N) is 3. The van der Waals surface area contributed by atoms with Crippen LogP contribution in [0.15, 0.2) is 34.2 Å². The van der Waals surface area contributed by atoms with Crippen molar-refractivity contribution in [2.24, 2.45) is 5.10 Å². The Kier molecular flexibility index (Phi) is 3.69. The maximum absolute atomic E-state index is 12.9. The zero-order valence-electron chi connectivity index (χ0n) is 13.3. The largest absolute Gasteiger partial charge is 0.508 e. The molecule has 0 bridgehead atoms. The summed E-state index contributed by atoms with van der Waals surface area (Å²) in [6, 6.07) is 6.76. The second-order valence-electron chi connectivity index (χ2n) is 6.01. The highest BCUT2D eigenvalue weighted by Crippen LogP contribution is 2.33. The van der Waals surface area contributed by atoms with Gasteiger partial charge in [0.15, 0.2) is 0 Å². The minimum atomic E-state index is -0.103. The number of phenols is 1. The first-order valence-corrected chi connectivity index (χ1v) is 8.82. The van der Waals surface area contributed by atoms with Gasteiger partial charge in [-0.2, -0.15) is 9.78 Å². The highest BCUT2D eigenvalue weighted by molar-refractivity contribution is 7.18. The number of hydrogen-bond donors (Lipinski definition) is 1. The summed E-state index contributed by atoms with van der Waals surface area (Å²) in [7, 11) is 0. The Bertz CT molecular complexity index is 1020. The van der Waals surface area contributed by atoms with Crippen LogP contribution in [0.2, 0.25) is 0 Å². The molecule has 1 aliphatic carbocycles. The molecule has 0 unspecified atom stereocenters. The molecule has 0 fully saturated rings. The van der Waals surface area contributed by atoms with Crippen molar-refractivity contribution in [1.29, 1.82) is 0 Å². The second-order valence-corrected chi connectivity index (χ2v) is 7.09. The van der Waals surface area contributed by atoms with Gasteiger partial charge in [-0.1, -0.05) is 12.1 Å². The van der Waals surface area contributed by atoms with Gasteiger partial charge >= 0.3 is 0 Å². The van der Waals surface area contributed by atoms with Gasteiger partial charge in [-0.15, -0.1) is 11.3 Å². The lowest BCUT2D eigenvalue weighted by molar-refractivity contribution is 0.475. The SMILES string of the molecule is Cc1nc2sc3c(c2c(=O)n1/N=C\c1cccc(O)c1)CCCC3. The lowest BCUT2D eigenvalue weighted by Gasteiger charge is -2.10. The quantitative estimate of drug-likeness (QED) is 0.729. The Labute approximate surface area is 142 Å². The van der Waals surface area contributed by atoms with Crippen molar-refractivity contribution < 1.29 is 5.11 Å². The standard InChI is InChI=1S/C18H17N3O2S/c1-11-20-17-16(14-7-2-3-8-15(14)24-17)18(23)21(11)19-10-12-5-4-6-13(22)9-12/h4-6,9-10,22H,2-3,7-8H2,1H3/b19-10-. The van der Waals surface area contributed by atoms with Crippen molar-refractivity contribution in [2.75, 3.05) is 0 Å². The molecule has 0 saturated heterocycles. The highest BCUT2D eigenvalue weighted by atomic mass is 32.1. The van der Waals surface area contributed by atoms with Crippen LogP contribution in [0, 0.1) is 6.92 Å². The van der Waals surface area contributed by atoms with Gasteiger partial charge in [0.1, 0.15) is 16.4 Å². The van der Waals surface area contributed by atoms with Gasteiger partial charge in [0.2, 0.25) is 0 Å². The molecule has 4 rings (SSSR count). The van der Waals surface area contributed by atoms with Crippen LogP contribution < -0.4 is 5.56 Å². The zero-order valence-corrected chi connectivity index (χ0v) is 14.1. The van der Waals surface area contributed by atoms with Gasteiger partial charge in [0.25, 0.3) is 5.56 Å². The second kappa shape index (κ2) is 5.87. The summed E-state index contributed by atoms with van der Waals surface area (Å²) < 4.78 is 1.36. The monoisotopic (exact) mass is 339 g/mol. The highest BCUT2D eigenvalue weighted by Gasteiger charge is 2.20. The fourth-order valence-corrected chi connectivity index (χ4v) is 4.46. The summed E-state index contributed by atoms with van der Waals surface area (Å²) in [4.78, 5) is 19.7. The number of thiophene rings is 1. The fourth-order valence-electron chi connectivity index (χ4n) is 3.16. The number of phenolic OH excluding ortho intramolecular Hbond substituents is 1. The first-order valence-electron chi connectivity index (χ1n) is 8.01. The van der Waals surface area contributed by atoms with Crippen molar-refractivity contribution in [3.05, 3.63) is 56.4 Å². The van der Waals surface area contributed by atoms with Gasteiger partial charge in [-0.25, -0.2) is 4.98 Å². The maximum atomic E-state index is 12.9. The fraction of sp³-hybridized carbons (Fsp3) is 0.278. The van der Waals surface area contributed by atoms with Crippen molar-refractivity contribution in [1.82, 2.24) is 9.66 Å². The molecule has 0 atom stereocenters. The van der Waals surface area contributed by atoms with Crippen LogP contribution in [0.3, 0.4) is 0 Å². The molecule has 0 aliphatic heterocycles. The molecule has 24 heavy (non-hydrogen) atoms. The maximum Gasteiger partial charge on any atom is 0.283 e. The molecule has 5 nitrogen and oxygen atoms in total. The summed E-state index contributed by atoms with van der Waals surface area (Å²) in [6.07, 6.45) is 5.87. The number of aryl methyl sites for hydroxylation is 3. The number of fused-ring (bicyclic) bond motifs is 3. The topological polar surface area (TPSA) is 67.5 Å². The number of benzene rings is 1. The van der Waals surface area contributed by atoms with E-state index in [1.807, 2.05) is 6.07 Å². The predicted octanol–water partition coefficient (Wildman–Crippen LogP) is 3.23. The molecule has 2 aromatic heterocycles. The van der Waals surface area contributed by atoms with E-state index < -0.39 is 0 Å². The molecular formula is C18H17N3O2S. The van der Waals surface area contributed by atoms with Crippen molar-refractivity contribution in [3.63, 3.8) is 0 Å². The van der Waals surface area contributed by atoms with Crippen LogP contribution >= 0.6 is 11.3 Å². The Morgan fingerprint density at radius 3 is 3.00 bits per heavy atom. The van der Waals surface area contributed by atoms with Gasteiger partial charge in [-0.3, -0.25) is 4.79 Å². The van der Waals surface area contributed by atoms with E-state index in [-0.39, 0.29) is 11.3 Å². The van der Waals surface area contributed by atoms with Crippen LogP contribution in [0.25, 0.3) is 10.2 Å². The van der Waals surface area contributed by atoms with E-state index in [0.29, 0.717) is 5.82 Å². The lowest BCUT2D eigenvalue weighted by atomic mass is 9.97. The van der Waals surface area contributed by atoms with Gasteiger partial charge < -0.3 is 5.11 Å². The van der Waals surface area contributed by atoms with E-state index >= 15 is 0 Å². The van der Waals surface area contributed by atoms with E-state index in [9.17, 15) is 9.90 Å². The molecule has 2 heterocycles. The molecule has 0 saturated carbocycles. The summed E-state index contributed by atoms with van der Waals surface area (Å²) >= 11 is 1.64. The molecule has 1 N–H and O–H groups in total. The Morgan fingerprint density at radius 1 is 1.33 bits per heavy atom. The molecule has 0 amide bonds. The third-order valence-electron chi connectivity index (χ3n) is 4.32. The Balaban J connectivity index is 1.85.